The van der Waals surface area contributed by atoms with Crippen LogP contribution in [0.3, 0.4) is 0 Å². The van der Waals surface area contributed by atoms with Gasteiger partial charge in [0.15, 0.2) is 0 Å². The Morgan fingerprint density at radius 1 is 1.11 bits per heavy atom. The molecule has 0 radical (unpaired) electrons. The molecule has 1 atom stereocenters. The number of rotatable bonds is 5. The third-order valence-electron chi connectivity index (χ3n) is 3.95. The molecule has 0 saturated carbocycles. The van der Waals surface area contributed by atoms with Gasteiger partial charge in [0.1, 0.15) is 0 Å². The highest BCUT2D eigenvalue weighted by Crippen LogP contribution is 2.22. The fourth-order valence-electron chi connectivity index (χ4n) is 2.63. The van der Waals surface area contributed by atoms with Crippen molar-refractivity contribution in [3.63, 3.8) is 0 Å². The summed E-state index contributed by atoms with van der Waals surface area (Å²) in [5.41, 5.74) is 6.79. The third kappa shape index (κ3) is 3.31. The van der Waals surface area contributed by atoms with Gasteiger partial charge in [-0.2, -0.15) is 0 Å². The summed E-state index contributed by atoms with van der Waals surface area (Å²) < 4.78 is 0. The van der Waals surface area contributed by atoms with Crippen LogP contribution in [-0.4, -0.2) is 36.2 Å². The maximum atomic E-state index is 9.62. The number of aliphatic hydroxyl groups excluding tert-OH is 1. The minimum atomic E-state index is -0.599. The van der Waals surface area contributed by atoms with E-state index in [0.29, 0.717) is 0 Å². The molecule has 1 heterocycles. The van der Waals surface area contributed by atoms with Crippen LogP contribution in [-0.2, 0) is 5.54 Å². The first-order valence-corrected chi connectivity index (χ1v) is 6.92. The Balaban J connectivity index is 1.95. The predicted octanol–water partition coefficient (Wildman–Crippen LogP) is 1.71. The number of piperidine rings is 1. The first kappa shape index (κ1) is 13.5. The summed E-state index contributed by atoms with van der Waals surface area (Å²) >= 11 is 0. The molecule has 0 bridgehead atoms. The van der Waals surface area contributed by atoms with Crippen LogP contribution in [0, 0.1) is 0 Å². The van der Waals surface area contributed by atoms with Crippen LogP contribution in [0.25, 0.3) is 0 Å². The molecule has 1 aromatic rings. The minimum Gasteiger partial charge on any atom is -0.394 e. The van der Waals surface area contributed by atoms with Crippen molar-refractivity contribution in [2.45, 2.75) is 31.2 Å². The van der Waals surface area contributed by atoms with E-state index in [0.717, 1.165) is 18.5 Å². The quantitative estimate of drug-likeness (QED) is 0.834. The second-order valence-corrected chi connectivity index (χ2v) is 5.33. The molecule has 1 fully saturated rings. The lowest BCUT2D eigenvalue weighted by atomic mass is 9.88. The standard InChI is InChI=1S/C15H24N2O/c16-15(13-18,14-7-3-1-4-8-14)9-12-17-10-5-2-6-11-17/h1,3-4,7-8,18H,2,5-6,9-13,16H2. The fraction of sp³-hybridized carbons (Fsp3) is 0.600. The largest absolute Gasteiger partial charge is 0.394 e. The number of nitrogens with two attached hydrogens (primary N) is 1. The fourth-order valence-corrected chi connectivity index (χ4v) is 2.63. The molecule has 1 aromatic carbocycles. The molecule has 0 aromatic heterocycles. The molecule has 0 amide bonds. The highest BCUT2D eigenvalue weighted by atomic mass is 16.3. The Morgan fingerprint density at radius 2 is 1.78 bits per heavy atom. The van der Waals surface area contributed by atoms with E-state index in [1.807, 2.05) is 30.3 Å². The Morgan fingerprint density at radius 3 is 2.39 bits per heavy atom. The summed E-state index contributed by atoms with van der Waals surface area (Å²) in [7, 11) is 0. The number of hydrogen-bond donors (Lipinski definition) is 2. The maximum Gasteiger partial charge on any atom is 0.0656 e. The number of aliphatic hydroxyl groups is 1. The van der Waals surface area contributed by atoms with Crippen molar-refractivity contribution in [1.82, 2.24) is 4.90 Å². The summed E-state index contributed by atoms with van der Waals surface area (Å²) in [6, 6.07) is 9.95. The van der Waals surface area contributed by atoms with Gasteiger partial charge in [0, 0.05) is 6.54 Å². The van der Waals surface area contributed by atoms with E-state index in [1.165, 1.54) is 32.4 Å². The molecule has 100 valence electrons. The zero-order valence-electron chi connectivity index (χ0n) is 11.0. The molecule has 0 aliphatic carbocycles. The second-order valence-electron chi connectivity index (χ2n) is 5.33. The van der Waals surface area contributed by atoms with Gasteiger partial charge in [-0.05, 0) is 37.9 Å². The molecule has 1 aliphatic rings. The molecule has 3 N–H and O–H groups in total. The topological polar surface area (TPSA) is 49.5 Å². The third-order valence-corrected chi connectivity index (χ3v) is 3.95. The van der Waals surface area contributed by atoms with Crippen molar-refractivity contribution >= 4 is 0 Å². The molecule has 0 spiro atoms. The SMILES string of the molecule is NC(CO)(CCN1CCCCC1)c1ccccc1. The van der Waals surface area contributed by atoms with Gasteiger partial charge < -0.3 is 15.7 Å². The van der Waals surface area contributed by atoms with Crippen molar-refractivity contribution in [2.24, 2.45) is 5.73 Å². The van der Waals surface area contributed by atoms with Crippen LogP contribution in [0.1, 0.15) is 31.2 Å². The number of likely N-dealkylation sites (tertiary alicyclic amines) is 1. The molecule has 1 unspecified atom stereocenters. The smallest absolute Gasteiger partial charge is 0.0656 e. The highest BCUT2D eigenvalue weighted by molar-refractivity contribution is 5.24. The normalized spacial score (nSPS) is 20.6. The zero-order chi connectivity index (χ0) is 12.8. The van der Waals surface area contributed by atoms with Crippen molar-refractivity contribution < 1.29 is 5.11 Å². The van der Waals surface area contributed by atoms with Gasteiger partial charge in [-0.1, -0.05) is 36.8 Å². The maximum absolute atomic E-state index is 9.62. The van der Waals surface area contributed by atoms with E-state index in [4.69, 9.17) is 5.73 Å². The summed E-state index contributed by atoms with van der Waals surface area (Å²) in [5.74, 6) is 0. The number of nitrogens with zero attached hydrogens (tertiary/aromatic N) is 1. The highest BCUT2D eigenvalue weighted by Gasteiger charge is 2.27. The number of benzene rings is 1. The van der Waals surface area contributed by atoms with E-state index >= 15 is 0 Å². The van der Waals surface area contributed by atoms with Gasteiger partial charge >= 0.3 is 0 Å². The average molecular weight is 248 g/mol. The van der Waals surface area contributed by atoms with Crippen LogP contribution < -0.4 is 5.73 Å². The van der Waals surface area contributed by atoms with Crippen LogP contribution in [0.4, 0.5) is 0 Å². The van der Waals surface area contributed by atoms with Crippen molar-refractivity contribution in [2.75, 3.05) is 26.2 Å². The molecule has 3 heteroatoms. The van der Waals surface area contributed by atoms with Gasteiger partial charge in [-0.3, -0.25) is 0 Å². The van der Waals surface area contributed by atoms with Gasteiger partial charge in [0.2, 0.25) is 0 Å². The second kappa shape index (κ2) is 6.32. The van der Waals surface area contributed by atoms with E-state index in [2.05, 4.69) is 4.90 Å². The van der Waals surface area contributed by atoms with E-state index in [-0.39, 0.29) is 6.61 Å². The van der Waals surface area contributed by atoms with Crippen LogP contribution >= 0.6 is 0 Å². The Kier molecular flexibility index (Phi) is 4.75. The Bertz CT molecular complexity index is 349. The lowest BCUT2D eigenvalue weighted by Crippen LogP contribution is -2.44. The lowest BCUT2D eigenvalue weighted by molar-refractivity contribution is 0.153. The minimum absolute atomic E-state index is 0.00481. The molecule has 3 nitrogen and oxygen atoms in total. The Hall–Kier alpha value is -0.900. The molecule has 18 heavy (non-hydrogen) atoms. The molecular formula is C15H24N2O. The van der Waals surface area contributed by atoms with Gasteiger partial charge in [0.05, 0.1) is 12.1 Å². The van der Waals surface area contributed by atoms with Crippen LogP contribution in [0.15, 0.2) is 30.3 Å². The van der Waals surface area contributed by atoms with Crippen molar-refractivity contribution in [3.8, 4) is 0 Å². The van der Waals surface area contributed by atoms with Gasteiger partial charge in [0.25, 0.3) is 0 Å². The monoisotopic (exact) mass is 248 g/mol. The molecule has 1 aliphatic heterocycles. The summed E-state index contributed by atoms with van der Waals surface area (Å²) in [6.45, 7) is 3.34. The van der Waals surface area contributed by atoms with Gasteiger partial charge in [-0.25, -0.2) is 0 Å². The summed E-state index contributed by atoms with van der Waals surface area (Å²) in [4.78, 5) is 2.46. The average Bonchev–Trinajstić information content (AvgIpc) is 2.47. The first-order chi connectivity index (χ1) is 8.74. The summed E-state index contributed by atoms with van der Waals surface area (Å²) in [6.07, 6.45) is 4.75. The van der Waals surface area contributed by atoms with E-state index < -0.39 is 5.54 Å². The summed E-state index contributed by atoms with van der Waals surface area (Å²) in [5, 5.41) is 9.62. The van der Waals surface area contributed by atoms with Crippen LogP contribution in [0.5, 0.6) is 0 Å². The van der Waals surface area contributed by atoms with E-state index in [9.17, 15) is 5.11 Å². The van der Waals surface area contributed by atoms with Gasteiger partial charge in [-0.15, -0.1) is 0 Å². The Labute approximate surface area is 110 Å². The van der Waals surface area contributed by atoms with Crippen molar-refractivity contribution in [1.29, 1.82) is 0 Å². The molecule has 1 saturated heterocycles. The first-order valence-electron chi connectivity index (χ1n) is 6.92. The molecular weight excluding hydrogens is 224 g/mol. The van der Waals surface area contributed by atoms with Crippen LogP contribution in [0.2, 0.25) is 0 Å². The number of hydrogen-bond acceptors (Lipinski definition) is 3. The predicted molar refractivity (Wildman–Crippen MR) is 74.3 cm³/mol. The molecule has 2 rings (SSSR count). The lowest BCUT2D eigenvalue weighted by Gasteiger charge is -2.33. The zero-order valence-corrected chi connectivity index (χ0v) is 11.0. The van der Waals surface area contributed by atoms with Crippen molar-refractivity contribution in [3.05, 3.63) is 35.9 Å². The van der Waals surface area contributed by atoms with E-state index in [1.54, 1.807) is 0 Å².